The molecule has 0 fully saturated rings. The van der Waals surface area contributed by atoms with Gasteiger partial charge in [0.1, 0.15) is 11.6 Å². The van der Waals surface area contributed by atoms with Crippen molar-refractivity contribution in [3.8, 4) is 11.5 Å². The lowest BCUT2D eigenvalue weighted by atomic mass is 9.96. The minimum Gasteiger partial charge on any atom is -0.504 e. The zero-order valence-corrected chi connectivity index (χ0v) is 13.7. The maximum atomic E-state index is 9.64. The van der Waals surface area contributed by atoms with Gasteiger partial charge in [0, 0.05) is 17.8 Å². The molecule has 1 aromatic carbocycles. The molecule has 122 valence electrons. The van der Waals surface area contributed by atoms with Crippen LogP contribution in [0.1, 0.15) is 35.5 Å². The Morgan fingerprint density at radius 1 is 1.22 bits per heavy atom. The molecule has 5 nitrogen and oxygen atoms in total. The largest absolute Gasteiger partial charge is 0.504 e. The van der Waals surface area contributed by atoms with Gasteiger partial charge < -0.3 is 15.2 Å². The lowest BCUT2D eigenvalue weighted by Gasteiger charge is -2.19. The van der Waals surface area contributed by atoms with Crippen molar-refractivity contribution in [3.05, 3.63) is 40.8 Å². The highest BCUT2D eigenvalue weighted by Crippen LogP contribution is 2.27. The molecule has 0 atom stereocenters. The summed E-state index contributed by atoms with van der Waals surface area (Å²) in [5.74, 6) is 2.50. The van der Waals surface area contributed by atoms with E-state index in [0.717, 1.165) is 43.0 Å². The highest BCUT2D eigenvalue weighted by atomic mass is 16.5. The molecule has 0 aliphatic heterocycles. The molecule has 2 N–H and O–H groups in total. The van der Waals surface area contributed by atoms with Crippen LogP contribution < -0.4 is 10.1 Å². The van der Waals surface area contributed by atoms with Crippen molar-refractivity contribution in [2.24, 2.45) is 0 Å². The second-order valence-electron chi connectivity index (χ2n) is 5.93. The Hall–Kier alpha value is -2.30. The highest BCUT2D eigenvalue weighted by Gasteiger charge is 2.16. The minimum atomic E-state index is 0.171. The topological polar surface area (TPSA) is 67.3 Å². The first-order valence-corrected chi connectivity index (χ1v) is 8.13. The summed E-state index contributed by atoms with van der Waals surface area (Å²) in [4.78, 5) is 9.16. The molecule has 3 rings (SSSR count). The molecule has 5 heteroatoms. The summed E-state index contributed by atoms with van der Waals surface area (Å²) in [7, 11) is 1.56. The summed E-state index contributed by atoms with van der Waals surface area (Å²) in [6.45, 7) is 2.74. The van der Waals surface area contributed by atoms with E-state index >= 15 is 0 Å². The monoisotopic (exact) mass is 313 g/mol. The van der Waals surface area contributed by atoms with E-state index in [1.807, 2.05) is 19.1 Å². The summed E-state index contributed by atoms with van der Waals surface area (Å²) >= 11 is 0. The molecule has 1 aromatic heterocycles. The number of nitrogens with zero attached hydrogens (tertiary/aromatic N) is 2. The predicted octanol–water partition coefficient (Wildman–Crippen LogP) is 3.03. The average molecular weight is 313 g/mol. The van der Waals surface area contributed by atoms with E-state index in [0.29, 0.717) is 5.75 Å². The maximum absolute atomic E-state index is 9.64. The van der Waals surface area contributed by atoms with Gasteiger partial charge in [-0.15, -0.1) is 0 Å². The van der Waals surface area contributed by atoms with Gasteiger partial charge >= 0.3 is 0 Å². The van der Waals surface area contributed by atoms with Crippen LogP contribution in [0, 0.1) is 6.92 Å². The molecule has 0 bridgehead atoms. The van der Waals surface area contributed by atoms with Gasteiger partial charge in [0.2, 0.25) is 0 Å². The molecule has 0 saturated carbocycles. The second kappa shape index (κ2) is 6.86. The molecule has 0 spiro atoms. The number of phenols is 1. The molecular weight excluding hydrogens is 290 g/mol. The molecule has 1 heterocycles. The van der Waals surface area contributed by atoms with Gasteiger partial charge in [0.25, 0.3) is 0 Å². The van der Waals surface area contributed by atoms with E-state index in [1.54, 1.807) is 13.2 Å². The standard InChI is InChI=1S/C18H23N3O2/c1-12-20-15-6-4-3-5-14(15)18(21-12)19-10-9-13-7-8-16(22)17(11-13)23-2/h7-8,11,22H,3-6,9-10H2,1-2H3,(H,19,20,21). The number of rotatable bonds is 5. The predicted molar refractivity (Wildman–Crippen MR) is 90.3 cm³/mol. The van der Waals surface area contributed by atoms with Crippen molar-refractivity contribution in [2.75, 3.05) is 19.0 Å². The van der Waals surface area contributed by atoms with Crippen molar-refractivity contribution in [3.63, 3.8) is 0 Å². The number of anilines is 1. The van der Waals surface area contributed by atoms with Crippen LogP contribution in [0.2, 0.25) is 0 Å². The molecule has 0 amide bonds. The van der Waals surface area contributed by atoms with Gasteiger partial charge in [-0.25, -0.2) is 9.97 Å². The third kappa shape index (κ3) is 3.55. The first-order valence-electron chi connectivity index (χ1n) is 8.13. The van der Waals surface area contributed by atoms with Crippen LogP contribution >= 0.6 is 0 Å². The summed E-state index contributed by atoms with van der Waals surface area (Å²) in [5, 5.41) is 13.1. The lowest BCUT2D eigenvalue weighted by molar-refractivity contribution is 0.373. The number of benzene rings is 1. The molecule has 23 heavy (non-hydrogen) atoms. The summed E-state index contributed by atoms with van der Waals surface area (Å²) in [6.07, 6.45) is 5.39. The van der Waals surface area contributed by atoms with E-state index in [4.69, 9.17) is 4.74 Å². The number of aryl methyl sites for hydroxylation is 2. The van der Waals surface area contributed by atoms with Crippen molar-refractivity contribution in [1.29, 1.82) is 0 Å². The van der Waals surface area contributed by atoms with Crippen LogP contribution in [0.3, 0.4) is 0 Å². The average Bonchev–Trinajstić information content (AvgIpc) is 2.56. The number of hydrogen-bond donors (Lipinski definition) is 2. The van der Waals surface area contributed by atoms with Gasteiger partial charge in [-0.1, -0.05) is 6.07 Å². The molecular formula is C18H23N3O2. The van der Waals surface area contributed by atoms with Gasteiger partial charge in [0.15, 0.2) is 11.5 Å². The van der Waals surface area contributed by atoms with Crippen molar-refractivity contribution >= 4 is 5.82 Å². The third-order valence-electron chi connectivity index (χ3n) is 4.25. The Bertz CT molecular complexity index is 701. The SMILES string of the molecule is COc1cc(CCNc2nc(C)nc3c2CCCC3)ccc1O. The Balaban J connectivity index is 1.68. The maximum Gasteiger partial charge on any atom is 0.160 e. The fraction of sp³-hybridized carbons (Fsp3) is 0.444. The van der Waals surface area contributed by atoms with Crippen molar-refractivity contribution < 1.29 is 9.84 Å². The molecule has 0 radical (unpaired) electrons. The van der Waals surface area contributed by atoms with Crippen molar-refractivity contribution in [1.82, 2.24) is 9.97 Å². The zero-order chi connectivity index (χ0) is 16.2. The summed E-state index contributed by atoms with van der Waals surface area (Å²) < 4.78 is 5.15. The molecule has 1 aliphatic rings. The Labute approximate surface area is 136 Å². The third-order valence-corrected chi connectivity index (χ3v) is 4.25. The van der Waals surface area contributed by atoms with E-state index < -0.39 is 0 Å². The van der Waals surface area contributed by atoms with Crippen LogP contribution in [0.5, 0.6) is 11.5 Å². The first kappa shape index (κ1) is 15.6. The Morgan fingerprint density at radius 3 is 2.87 bits per heavy atom. The number of hydrogen-bond acceptors (Lipinski definition) is 5. The number of fused-ring (bicyclic) bond motifs is 1. The quantitative estimate of drug-likeness (QED) is 0.888. The van der Waals surface area contributed by atoms with E-state index in [9.17, 15) is 5.11 Å². The van der Waals surface area contributed by atoms with E-state index in [1.165, 1.54) is 24.1 Å². The fourth-order valence-electron chi connectivity index (χ4n) is 3.07. The molecule has 0 saturated heterocycles. The smallest absolute Gasteiger partial charge is 0.160 e. The van der Waals surface area contributed by atoms with Crippen LogP contribution in [-0.2, 0) is 19.3 Å². The van der Waals surface area contributed by atoms with Crippen LogP contribution in [-0.4, -0.2) is 28.7 Å². The highest BCUT2D eigenvalue weighted by molar-refractivity contribution is 5.48. The Morgan fingerprint density at radius 2 is 2.04 bits per heavy atom. The second-order valence-corrected chi connectivity index (χ2v) is 5.93. The van der Waals surface area contributed by atoms with E-state index in [-0.39, 0.29) is 5.75 Å². The number of methoxy groups -OCH3 is 1. The number of ether oxygens (including phenoxy) is 1. The zero-order valence-electron chi connectivity index (χ0n) is 13.7. The molecule has 2 aromatic rings. The van der Waals surface area contributed by atoms with Crippen LogP contribution in [0.15, 0.2) is 18.2 Å². The normalized spacial score (nSPS) is 13.5. The lowest BCUT2D eigenvalue weighted by Crippen LogP contribution is -2.15. The number of phenolic OH excluding ortho intramolecular Hbond substituents is 1. The fourth-order valence-corrected chi connectivity index (χ4v) is 3.07. The minimum absolute atomic E-state index is 0.171. The molecule has 0 unspecified atom stereocenters. The van der Waals surface area contributed by atoms with E-state index in [2.05, 4.69) is 15.3 Å². The Kier molecular flexibility index (Phi) is 4.65. The van der Waals surface area contributed by atoms with Gasteiger partial charge in [-0.2, -0.15) is 0 Å². The van der Waals surface area contributed by atoms with Crippen LogP contribution in [0.4, 0.5) is 5.82 Å². The van der Waals surface area contributed by atoms with Gasteiger partial charge in [0.05, 0.1) is 7.11 Å². The van der Waals surface area contributed by atoms with Gasteiger partial charge in [-0.3, -0.25) is 0 Å². The molecule has 1 aliphatic carbocycles. The number of nitrogens with one attached hydrogen (secondary N) is 1. The van der Waals surface area contributed by atoms with Crippen molar-refractivity contribution in [2.45, 2.75) is 39.0 Å². The number of aromatic hydroxyl groups is 1. The number of aromatic nitrogens is 2. The summed E-state index contributed by atoms with van der Waals surface area (Å²) in [6, 6.07) is 5.46. The van der Waals surface area contributed by atoms with Crippen LogP contribution in [0.25, 0.3) is 0 Å². The first-order chi connectivity index (χ1) is 11.2. The summed E-state index contributed by atoms with van der Waals surface area (Å²) in [5.41, 5.74) is 3.61. The van der Waals surface area contributed by atoms with Gasteiger partial charge in [-0.05, 0) is 56.7 Å².